The second-order valence-corrected chi connectivity index (χ2v) is 4.03. The Bertz CT molecular complexity index is 392. The summed E-state index contributed by atoms with van der Waals surface area (Å²) in [6, 6.07) is 3.39. The van der Waals surface area contributed by atoms with Crippen molar-refractivity contribution in [1.82, 2.24) is 9.88 Å². The molecule has 0 bridgehead atoms. The molecule has 1 heterocycles. The van der Waals surface area contributed by atoms with Crippen LogP contribution >= 0.6 is 0 Å². The van der Waals surface area contributed by atoms with Crippen molar-refractivity contribution in [3.8, 4) is 0 Å². The number of carboxylic acids is 1. The molecular formula is C13H18N2O3. The minimum absolute atomic E-state index is 0.0320. The van der Waals surface area contributed by atoms with Crippen molar-refractivity contribution in [3.05, 3.63) is 30.1 Å². The van der Waals surface area contributed by atoms with E-state index in [0.29, 0.717) is 12.1 Å². The van der Waals surface area contributed by atoms with E-state index in [9.17, 15) is 9.59 Å². The second-order valence-electron chi connectivity index (χ2n) is 4.03. The summed E-state index contributed by atoms with van der Waals surface area (Å²) in [6.07, 6.45) is 4.90. The van der Waals surface area contributed by atoms with E-state index in [1.807, 2.05) is 6.92 Å². The molecule has 1 N–H and O–H groups in total. The Morgan fingerprint density at radius 1 is 1.39 bits per heavy atom. The number of carboxylic acid groups (broad SMARTS) is 1. The zero-order valence-corrected chi connectivity index (χ0v) is 10.5. The van der Waals surface area contributed by atoms with Gasteiger partial charge in [0.05, 0.1) is 12.0 Å². The van der Waals surface area contributed by atoms with Crippen LogP contribution in [0.25, 0.3) is 0 Å². The van der Waals surface area contributed by atoms with Gasteiger partial charge in [-0.25, -0.2) is 0 Å². The fourth-order valence-electron chi connectivity index (χ4n) is 1.57. The van der Waals surface area contributed by atoms with Gasteiger partial charge in [-0.1, -0.05) is 13.3 Å². The Balaban J connectivity index is 2.69. The molecule has 0 atom stereocenters. The lowest BCUT2D eigenvalue weighted by Gasteiger charge is -2.21. The van der Waals surface area contributed by atoms with Crippen LogP contribution in [0.3, 0.4) is 0 Å². The first-order valence-corrected chi connectivity index (χ1v) is 6.06. The van der Waals surface area contributed by atoms with Crippen molar-refractivity contribution >= 4 is 11.9 Å². The molecule has 1 rings (SSSR count). The van der Waals surface area contributed by atoms with Crippen molar-refractivity contribution in [3.63, 3.8) is 0 Å². The van der Waals surface area contributed by atoms with E-state index >= 15 is 0 Å². The van der Waals surface area contributed by atoms with Gasteiger partial charge in [0.25, 0.3) is 5.91 Å². The van der Waals surface area contributed by atoms with Crippen LogP contribution < -0.4 is 0 Å². The molecule has 0 unspecified atom stereocenters. The molecule has 1 aromatic rings. The topological polar surface area (TPSA) is 70.5 Å². The zero-order chi connectivity index (χ0) is 13.4. The molecule has 0 aromatic carbocycles. The maximum atomic E-state index is 12.2. The van der Waals surface area contributed by atoms with Crippen molar-refractivity contribution in [2.75, 3.05) is 13.1 Å². The molecule has 0 saturated carbocycles. The Hall–Kier alpha value is -1.91. The molecule has 1 aromatic heterocycles. The molecule has 0 saturated heterocycles. The van der Waals surface area contributed by atoms with E-state index in [4.69, 9.17) is 5.11 Å². The van der Waals surface area contributed by atoms with Crippen molar-refractivity contribution in [2.45, 2.75) is 26.2 Å². The summed E-state index contributed by atoms with van der Waals surface area (Å²) in [5.41, 5.74) is 0.499. The third kappa shape index (κ3) is 4.53. The lowest BCUT2D eigenvalue weighted by Crippen LogP contribution is -2.34. The molecule has 5 nitrogen and oxygen atoms in total. The molecule has 0 aliphatic rings. The minimum atomic E-state index is -0.893. The predicted octanol–water partition coefficient (Wildman–Crippen LogP) is 1.80. The Labute approximate surface area is 106 Å². The number of nitrogens with zero attached hydrogens (tertiary/aromatic N) is 2. The molecule has 0 aliphatic carbocycles. The molecule has 98 valence electrons. The SMILES string of the molecule is CCCCN(CCC(=O)O)C(=O)c1cccnc1. The van der Waals surface area contributed by atoms with E-state index in [2.05, 4.69) is 4.98 Å². The summed E-state index contributed by atoms with van der Waals surface area (Å²) in [6.45, 7) is 2.85. The van der Waals surface area contributed by atoms with Crippen LogP contribution in [0.4, 0.5) is 0 Å². The second kappa shape index (κ2) is 7.42. The van der Waals surface area contributed by atoms with Crippen molar-refractivity contribution in [2.24, 2.45) is 0 Å². The van der Waals surface area contributed by atoms with Gasteiger partial charge in [-0.15, -0.1) is 0 Å². The number of hydrogen-bond acceptors (Lipinski definition) is 3. The van der Waals surface area contributed by atoms with Gasteiger partial charge in [0, 0.05) is 25.5 Å². The molecule has 1 amide bonds. The first-order valence-electron chi connectivity index (χ1n) is 6.06. The van der Waals surface area contributed by atoms with Crippen LogP contribution in [-0.2, 0) is 4.79 Å². The number of rotatable bonds is 7. The Morgan fingerprint density at radius 2 is 2.17 bits per heavy atom. The summed E-state index contributed by atoms with van der Waals surface area (Å²) in [5.74, 6) is -1.05. The van der Waals surface area contributed by atoms with Gasteiger partial charge in [-0.3, -0.25) is 14.6 Å². The number of carbonyl (C=O) groups excluding carboxylic acids is 1. The van der Waals surface area contributed by atoms with Crippen LogP contribution in [0.1, 0.15) is 36.5 Å². The lowest BCUT2D eigenvalue weighted by molar-refractivity contribution is -0.137. The normalized spacial score (nSPS) is 10.1. The standard InChI is InChI=1S/C13H18N2O3/c1-2-3-8-15(9-6-12(16)17)13(18)11-5-4-7-14-10-11/h4-5,7,10H,2-3,6,8-9H2,1H3,(H,16,17). The quantitative estimate of drug-likeness (QED) is 0.801. The van der Waals surface area contributed by atoms with E-state index in [1.54, 1.807) is 23.2 Å². The van der Waals surface area contributed by atoms with E-state index in [1.165, 1.54) is 6.20 Å². The highest BCUT2D eigenvalue weighted by Crippen LogP contribution is 2.06. The summed E-state index contributed by atoms with van der Waals surface area (Å²) in [7, 11) is 0. The highest BCUT2D eigenvalue weighted by atomic mass is 16.4. The van der Waals surface area contributed by atoms with Gasteiger partial charge in [-0.05, 0) is 18.6 Å². The number of hydrogen-bond donors (Lipinski definition) is 1. The average Bonchev–Trinajstić information content (AvgIpc) is 2.39. The van der Waals surface area contributed by atoms with Crippen LogP contribution in [0.2, 0.25) is 0 Å². The van der Waals surface area contributed by atoms with Crippen molar-refractivity contribution in [1.29, 1.82) is 0 Å². The van der Waals surface area contributed by atoms with E-state index in [-0.39, 0.29) is 18.9 Å². The molecule has 0 spiro atoms. The number of amides is 1. The first-order chi connectivity index (χ1) is 8.65. The van der Waals surface area contributed by atoms with Crippen LogP contribution in [0.15, 0.2) is 24.5 Å². The maximum Gasteiger partial charge on any atom is 0.305 e. The fraction of sp³-hybridized carbons (Fsp3) is 0.462. The molecular weight excluding hydrogens is 232 g/mol. The third-order valence-corrected chi connectivity index (χ3v) is 2.57. The van der Waals surface area contributed by atoms with Crippen molar-refractivity contribution < 1.29 is 14.7 Å². The number of unbranched alkanes of at least 4 members (excludes halogenated alkanes) is 1. The molecule has 0 aliphatic heterocycles. The van der Waals surface area contributed by atoms with Gasteiger partial charge < -0.3 is 10.0 Å². The number of carbonyl (C=O) groups is 2. The summed E-state index contributed by atoms with van der Waals surface area (Å²) in [4.78, 5) is 28.2. The van der Waals surface area contributed by atoms with Gasteiger partial charge >= 0.3 is 5.97 Å². The van der Waals surface area contributed by atoms with Crippen LogP contribution in [0.5, 0.6) is 0 Å². The van der Waals surface area contributed by atoms with Crippen LogP contribution in [-0.4, -0.2) is 40.0 Å². The Kier molecular flexibility index (Phi) is 5.84. The highest BCUT2D eigenvalue weighted by Gasteiger charge is 2.16. The largest absolute Gasteiger partial charge is 0.481 e. The van der Waals surface area contributed by atoms with Gasteiger partial charge in [0.1, 0.15) is 0 Å². The molecule has 18 heavy (non-hydrogen) atoms. The molecule has 5 heteroatoms. The van der Waals surface area contributed by atoms with Gasteiger partial charge in [0.15, 0.2) is 0 Å². The number of aliphatic carboxylic acids is 1. The fourth-order valence-corrected chi connectivity index (χ4v) is 1.57. The third-order valence-electron chi connectivity index (χ3n) is 2.57. The number of aromatic nitrogens is 1. The first kappa shape index (κ1) is 14.2. The average molecular weight is 250 g/mol. The summed E-state index contributed by atoms with van der Waals surface area (Å²) >= 11 is 0. The molecule has 0 fully saturated rings. The Morgan fingerprint density at radius 3 is 2.72 bits per heavy atom. The smallest absolute Gasteiger partial charge is 0.305 e. The van der Waals surface area contributed by atoms with E-state index in [0.717, 1.165) is 12.8 Å². The van der Waals surface area contributed by atoms with Crippen LogP contribution in [0, 0.1) is 0 Å². The molecule has 0 radical (unpaired) electrons. The summed E-state index contributed by atoms with van der Waals surface area (Å²) in [5, 5.41) is 8.69. The van der Waals surface area contributed by atoms with E-state index < -0.39 is 5.97 Å². The maximum absolute atomic E-state index is 12.2. The number of pyridine rings is 1. The monoisotopic (exact) mass is 250 g/mol. The summed E-state index contributed by atoms with van der Waals surface area (Å²) < 4.78 is 0. The lowest BCUT2D eigenvalue weighted by atomic mass is 10.2. The zero-order valence-electron chi connectivity index (χ0n) is 10.5. The van der Waals surface area contributed by atoms with Gasteiger partial charge in [0.2, 0.25) is 0 Å². The minimum Gasteiger partial charge on any atom is -0.481 e. The van der Waals surface area contributed by atoms with Gasteiger partial charge in [-0.2, -0.15) is 0 Å². The highest BCUT2D eigenvalue weighted by molar-refractivity contribution is 5.94. The predicted molar refractivity (Wildman–Crippen MR) is 67.3 cm³/mol.